The molecule has 0 saturated heterocycles. The Kier molecular flexibility index (Phi) is 4.26. The van der Waals surface area contributed by atoms with Gasteiger partial charge < -0.3 is 10.2 Å². The summed E-state index contributed by atoms with van der Waals surface area (Å²) >= 11 is 4.27. The van der Waals surface area contributed by atoms with Gasteiger partial charge in [-0.2, -0.15) is 0 Å². The van der Waals surface area contributed by atoms with E-state index < -0.39 is 16.0 Å². The summed E-state index contributed by atoms with van der Waals surface area (Å²) in [4.78, 5) is 11.1. The summed E-state index contributed by atoms with van der Waals surface area (Å²) in [5.41, 5.74) is 0.331. The number of anilines is 1. The lowest BCUT2D eigenvalue weighted by atomic mass is 10.2. The highest BCUT2D eigenvalue weighted by Gasteiger charge is 2.21. The summed E-state index contributed by atoms with van der Waals surface area (Å²) in [6, 6.07) is 4.87. The summed E-state index contributed by atoms with van der Waals surface area (Å²) < 4.78 is 27.5. The number of halogens is 1. The van der Waals surface area contributed by atoms with Gasteiger partial charge in [0, 0.05) is 0 Å². The second-order valence-electron chi connectivity index (χ2n) is 4.16. The molecule has 6 nitrogen and oxygen atoms in total. The van der Waals surface area contributed by atoms with Crippen LogP contribution in [-0.4, -0.2) is 24.6 Å². The van der Waals surface area contributed by atoms with E-state index in [1.807, 2.05) is 0 Å². The van der Waals surface area contributed by atoms with Gasteiger partial charge in [0.1, 0.15) is 9.96 Å². The summed E-state index contributed by atoms with van der Waals surface area (Å²) in [6.07, 6.45) is 0. The van der Waals surface area contributed by atoms with Gasteiger partial charge >= 0.3 is 5.97 Å². The Balaban J connectivity index is 2.44. The first kappa shape index (κ1) is 15.8. The quantitative estimate of drug-likeness (QED) is 0.694. The summed E-state index contributed by atoms with van der Waals surface area (Å²) in [6.45, 7) is 1.75. The maximum absolute atomic E-state index is 12.2. The second kappa shape index (κ2) is 5.66. The number of rotatable bonds is 4. The molecule has 0 bridgehead atoms. The van der Waals surface area contributed by atoms with E-state index in [0.717, 1.165) is 23.0 Å². The highest BCUT2D eigenvalue weighted by atomic mass is 79.9. The van der Waals surface area contributed by atoms with Crippen LogP contribution < -0.4 is 4.72 Å². The number of carbonyl (C=O) groups is 1. The molecule has 0 spiro atoms. The molecule has 0 aliphatic carbocycles. The predicted octanol–water partition coefficient (Wildman–Crippen LogP) is 3.02. The number of hydrogen-bond acceptors (Lipinski definition) is 5. The van der Waals surface area contributed by atoms with E-state index in [4.69, 9.17) is 5.11 Å². The number of aryl methyl sites for hydroxylation is 1. The number of nitrogens with one attached hydrogen (secondary N) is 1. The molecule has 1 aromatic carbocycles. The Morgan fingerprint density at radius 2 is 2.00 bits per heavy atom. The van der Waals surface area contributed by atoms with Crippen LogP contribution in [-0.2, 0) is 10.0 Å². The van der Waals surface area contributed by atoms with E-state index in [2.05, 4.69) is 20.7 Å². The second-order valence-corrected chi connectivity index (χ2v) is 8.44. The van der Waals surface area contributed by atoms with Gasteiger partial charge in [0.25, 0.3) is 10.0 Å². The van der Waals surface area contributed by atoms with Crippen molar-refractivity contribution >= 4 is 48.9 Å². The molecule has 0 fully saturated rings. The molecule has 0 radical (unpaired) electrons. The molecule has 1 heterocycles. The molecule has 0 aliphatic rings. The van der Waals surface area contributed by atoms with Crippen LogP contribution in [0.25, 0.3) is 0 Å². The van der Waals surface area contributed by atoms with Gasteiger partial charge in [0.2, 0.25) is 0 Å². The van der Waals surface area contributed by atoms with Crippen LogP contribution in [0, 0.1) is 6.92 Å². The fourth-order valence-electron chi connectivity index (χ4n) is 1.56. The zero-order chi connectivity index (χ0) is 15.8. The molecule has 0 atom stereocenters. The van der Waals surface area contributed by atoms with E-state index in [1.54, 1.807) is 6.92 Å². The predicted molar refractivity (Wildman–Crippen MR) is 82.6 cm³/mol. The van der Waals surface area contributed by atoms with Crippen molar-refractivity contribution in [2.75, 3.05) is 4.72 Å². The van der Waals surface area contributed by atoms with Crippen LogP contribution >= 0.6 is 27.3 Å². The van der Waals surface area contributed by atoms with Crippen LogP contribution in [0.15, 0.2) is 32.3 Å². The number of thiophene rings is 1. The van der Waals surface area contributed by atoms with Crippen LogP contribution in [0.4, 0.5) is 5.69 Å². The van der Waals surface area contributed by atoms with E-state index >= 15 is 0 Å². The van der Waals surface area contributed by atoms with Gasteiger partial charge in [-0.05, 0) is 52.7 Å². The van der Waals surface area contributed by atoms with Gasteiger partial charge in [-0.1, -0.05) is 0 Å². The first-order valence-corrected chi connectivity index (χ1v) is 8.65. The average molecular weight is 392 g/mol. The molecule has 0 unspecified atom stereocenters. The van der Waals surface area contributed by atoms with Crippen molar-refractivity contribution in [2.24, 2.45) is 0 Å². The van der Waals surface area contributed by atoms with Crippen LogP contribution in [0.1, 0.15) is 15.9 Å². The lowest BCUT2D eigenvalue weighted by Crippen LogP contribution is -2.14. The Morgan fingerprint density at radius 1 is 1.33 bits per heavy atom. The number of hydrogen-bond donors (Lipinski definition) is 3. The van der Waals surface area contributed by atoms with Gasteiger partial charge in [0.15, 0.2) is 0 Å². The van der Waals surface area contributed by atoms with Crippen LogP contribution in [0.3, 0.4) is 0 Å². The van der Waals surface area contributed by atoms with Crippen LogP contribution in [0.5, 0.6) is 5.75 Å². The van der Waals surface area contributed by atoms with Crippen LogP contribution in [0.2, 0.25) is 0 Å². The number of sulfonamides is 1. The van der Waals surface area contributed by atoms with E-state index in [9.17, 15) is 18.3 Å². The van der Waals surface area contributed by atoms with Gasteiger partial charge in [-0.25, -0.2) is 13.2 Å². The molecule has 0 amide bonds. The smallest absolute Gasteiger partial charge is 0.337 e. The molecule has 3 N–H and O–H groups in total. The van der Waals surface area contributed by atoms with E-state index in [-0.39, 0.29) is 21.2 Å². The minimum Gasteiger partial charge on any atom is -0.508 e. The Morgan fingerprint density at radius 3 is 2.52 bits per heavy atom. The van der Waals surface area contributed by atoms with Crippen molar-refractivity contribution in [2.45, 2.75) is 11.1 Å². The number of phenols is 1. The Hall–Kier alpha value is -1.58. The van der Waals surface area contributed by atoms with Gasteiger partial charge in [0.05, 0.1) is 15.0 Å². The number of carboxylic acids is 1. The summed E-state index contributed by atoms with van der Waals surface area (Å²) in [5, 5.41) is 18.4. The van der Waals surface area contributed by atoms with Crippen molar-refractivity contribution in [3.05, 3.63) is 39.2 Å². The molecule has 9 heteroatoms. The number of carboxylic acid groups (broad SMARTS) is 1. The fourth-order valence-corrected chi connectivity index (χ4v) is 4.86. The van der Waals surface area contributed by atoms with Gasteiger partial charge in [-0.15, -0.1) is 11.3 Å². The third-order valence-electron chi connectivity index (χ3n) is 2.58. The number of aromatic carboxylic acids is 1. The van der Waals surface area contributed by atoms with Crippen molar-refractivity contribution in [1.29, 1.82) is 0 Å². The number of benzene rings is 1. The zero-order valence-corrected chi connectivity index (χ0v) is 13.8. The molecule has 0 saturated carbocycles. The van der Waals surface area contributed by atoms with Gasteiger partial charge in [-0.3, -0.25) is 4.72 Å². The maximum atomic E-state index is 12.2. The monoisotopic (exact) mass is 391 g/mol. The summed E-state index contributed by atoms with van der Waals surface area (Å²) in [7, 11) is -3.89. The third kappa shape index (κ3) is 3.36. The molecule has 2 rings (SSSR count). The van der Waals surface area contributed by atoms with Crippen molar-refractivity contribution in [3.8, 4) is 5.75 Å². The first-order valence-electron chi connectivity index (χ1n) is 5.56. The van der Waals surface area contributed by atoms with Crippen molar-refractivity contribution < 1.29 is 23.4 Å². The van der Waals surface area contributed by atoms with E-state index in [1.165, 1.54) is 18.2 Å². The largest absolute Gasteiger partial charge is 0.508 e. The molecular formula is C12H10BrNO5S2. The fraction of sp³-hybridized carbons (Fsp3) is 0.0833. The Labute approximate surface area is 133 Å². The topological polar surface area (TPSA) is 104 Å². The normalized spacial score (nSPS) is 11.3. The van der Waals surface area contributed by atoms with Crippen molar-refractivity contribution in [3.63, 3.8) is 0 Å². The lowest BCUT2D eigenvalue weighted by molar-refractivity contribution is 0.0697. The molecule has 112 valence electrons. The van der Waals surface area contributed by atoms with E-state index in [0.29, 0.717) is 3.79 Å². The minimum absolute atomic E-state index is 0.0660. The molecular weight excluding hydrogens is 382 g/mol. The highest BCUT2D eigenvalue weighted by molar-refractivity contribution is 9.11. The molecule has 21 heavy (non-hydrogen) atoms. The molecule has 2 aromatic rings. The third-order valence-corrected chi connectivity index (χ3v) is 6.55. The first-order chi connectivity index (χ1) is 9.70. The lowest BCUT2D eigenvalue weighted by Gasteiger charge is -2.09. The maximum Gasteiger partial charge on any atom is 0.337 e. The standard InChI is InChI=1S/C12H10BrNO5S2/c1-6-4-10(20-11(6)13)21(18,19)14-9-3-2-7(15)5-8(9)12(16)17/h2-5,14-15H,1H3,(H,16,17). The van der Waals surface area contributed by atoms with Crippen molar-refractivity contribution in [1.82, 2.24) is 0 Å². The average Bonchev–Trinajstić information content (AvgIpc) is 2.72. The molecule has 0 aliphatic heterocycles. The SMILES string of the molecule is Cc1cc(S(=O)(=O)Nc2ccc(O)cc2C(=O)O)sc1Br. The highest BCUT2D eigenvalue weighted by Crippen LogP contribution is 2.32. The number of aromatic hydroxyl groups is 1. The summed E-state index contributed by atoms with van der Waals surface area (Å²) in [5.74, 6) is -1.60. The molecule has 1 aromatic heterocycles. The Bertz CT molecular complexity index is 794. The minimum atomic E-state index is -3.89. The zero-order valence-electron chi connectivity index (χ0n) is 10.6. The number of phenolic OH excluding ortho intramolecular Hbond substituents is 1.